The summed E-state index contributed by atoms with van der Waals surface area (Å²) in [6, 6.07) is 93.2. The second kappa shape index (κ2) is 15.8. The summed E-state index contributed by atoms with van der Waals surface area (Å²) in [5, 5.41) is 5.19. The molecule has 13 rings (SSSR count). The Hall–Kier alpha value is -8.72. The monoisotopic (exact) mass is 852 g/mol. The minimum absolute atomic E-state index is 0.434. The lowest BCUT2D eigenvalue weighted by atomic mass is 9.68. The van der Waals surface area contributed by atoms with Crippen molar-refractivity contribution >= 4 is 61.8 Å². The maximum absolute atomic E-state index is 2.42. The molecule has 0 saturated heterocycles. The molecule has 314 valence electrons. The predicted molar refractivity (Wildman–Crippen MR) is 282 cm³/mol. The van der Waals surface area contributed by atoms with Crippen LogP contribution < -0.4 is 4.90 Å². The molecule has 0 aliphatic heterocycles. The van der Waals surface area contributed by atoms with Crippen LogP contribution in [0.1, 0.15) is 33.4 Å². The largest absolute Gasteiger partial charge is 0.310 e. The molecular weight excluding hydrogens is 809 g/mol. The zero-order valence-electron chi connectivity index (χ0n) is 36.8. The first kappa shape index (κ1) is 38.7. The molecule has 0 amide bonds. The van der Waals surface area contributed by atoms with E-state index in [4.69, 9.17) is 0 Å². The summed E-state index contributed by atoms with van der Waals surface area (Å²) < 4.78 is 2.42. The molecule has 0 unspecified atom stereocenters. The van der Waals surface area contributed by atoms with Gasteiger partial charge in [-0.05, 0) is 133 Å². The number of rotatable bonds is 9. The summed E-state index contributed by atoms with van der Waals surface area (Å²) in [6.07, 6.45) is 4.42. The summed E-state index contributed by atoms with van der Waals surface area (Å²) >= 11 is 0. The fourth-order valence-electron chi connectivity index (χ4n) is 11.0. The van der Waals surface area contributed by atoms with Crippen molar-refractivity contribution in [2.75, 3.05) is 4.90 Å². The molecule has 0 atom stereocenters. The number of benzene rings is 11. The molecule has 0 fully saturated rings. The van der Waals surface area contributed by atoms with Crippen molar-refractivity contribution in [3.63, 3.8) is 0 Å². The standard InChI is InChI=1S/C65H44N2/c1-5-17-51(18-6-1)65(52-19-7-2-8-20-52)59-26-14-13-25-57(59)58-44-56(40-41-60(58)65)66(53-21-9-3-10-22-53)55-38-32-46(33-39-55)29-28-45-30-34-47(35-31-45)50-42-49-37-36-48-16-15-27-61-63(48)64(49)62(43-50)67(61)54-23-11-4-12-24-54/h1-44H. The van der Waals surface area contributed by atoms with Crippen LogP contribution in [0.4, 0.5) is 17.1 Å². The maximum atomic E-state index is 2.42. The molecule has 1 aliphatic rings. The number of aromatic nitrogens is 1. The summed E-state index contributed by atoms with van der Waals surface area (Å²) in [7, 11) is 0. The molecule has 1 aliphatic carbocycles. The first-order valence-corrected chi connectivity index (χ1v) is 23.2. The Morgan fingerprint density at radius 3 is 1.60 bits per heavy atom. The van der Waals surface area contributed by atoms with Gasteiger partial charge >= 0.3 is 0 Å². The number of nitrogens with zero attached hydrogens (tertiary/aromatic N) is 2. The molecule has 12 aromatic rings. The van der Waals surface area contributed by atoms with Crippen molar-refractivity contribution in [2.24, 2.45) is 0 Å². The molecule has 1 heterocycles. The van der Waals surface area contributed by atoms with Crippen LogP contribution in [0.25, 0.3) is 72.7 Å². The van der Waals surface area contributed by atoms with Crippen molar-refractivity contribution in [1.29, 1.82) is 0 Å². The van der Waals surface area contributed by atoms with E-state index in [-0.39, 0.29) is 0 Å². The fraction of sp³-hybridized carbons (Fsp3) is 0.0154. The van der Waals surface area contributed by atoms with Gasteiger partial charge in [-0.1, -0.05) is 200 Å². The van der Waals surface area contributed by atoms with Crippen LogP contribution in [-0.2, 0) is 5.41 Å². The van der Waals surface area contributed by atoms with Gasteiger partial charge in [-0.15, -0.1) is 0 Å². The van der Waals surface area contributed by atoms with Crippen molar-refractivity contribution in [2.45, 2.75) is 5.41 Å². The van der Waals surface area contributed by atoms with E-state index in [1.807, 2.05) is 0 Å². The third-order valence-corrected chi connectivity index (χ3v) is 14.0. The molecule has 2 heteroatoms. The molecule has 0 N–H and O–H groups in total. The first-order valence-electron chi connectivity index (χ1n) is 23.2. The average Bonchev–Trinajstić information content (AvgIpc) is 3.90. The van der Waals surface area contributed by atoms with Gasteiger partial charge in [0.1, 0.15) is 0 Å². The molecule has 1 aromatic heterocycles. The Balaban J connectivity index is 0.825. The molecule has 0 bridgehead atoms. The van der Waals surface area contributed by atoms with Crippen molar-refractivity contribution in [1.82, 2.24) is 4.57 Å². The molecule has 67 heavy (non-hydrogen) atoms. The highest BCUT2D eigenvalue weighted by atomic mass is 15.1. The lowest BCUT2D eigenvalue weighted by Crippen LogP contribution is -2.28. The maximum Gasteiger partial charge on any atom is 0.0713 e. The van der Waals surface area contributed by atoms with E-state index < -0.39 is 5.41 Å². The fourth-order valence-corrected chi connectivity index (χ4v) is 11.0. The van der Waals surface area contributed by atoms with Gasteiger partial charge in [-0.3, -0.25) is 0 Å². The Morgan fingerprint density at radius 2 is 0.896 bits per heavy atom. The number of hydrogen-bond donors (Lipinski definition) is 0. The van der Waals surface area contributed by atoms with Gasteiger partial charge < -0.3 is 9.47 Å². The topological polar surface area (TPSA) is 8.17 Å². The third-order valence-electron chi connectivity index (χ3n) is 14.0. The van der Waals surface area contributed by atoms with E-state index >= 15 is 0 Å². The van der Waals surface area contributed by atoms with Gasteiger partial charge in [0.25, 0.3) is 0 Å². The van der Waals surface area contributed by atoms with Crippen molar-refractivity contribution in [3.8, 4) is 27.9 Å². The van der Waals surface area contributed by atoms with Gasteiger partial charge in [0.05, 0.1) is 16.4 Å². The van der Waals surface area contributed by atoms with E-state index in [0.29, 0.717) is 0 Å². The summed E-state index contributed by atoms with van der Waals surface area (Å²) in [5.74, 6) is 0. The Kier molecular flexibility index (Phi) is 9.11. The molecule has 11 aromatic carbocycles. The Bertz CT molecular complexity index is 3720. The van der Waals surface area contributed by atoms with Crippen LogP contribution in [0.5, 0.6) is 0 Å². The molecule has 2 nitrogen and oxygen atoms in total. The number of anilines is 3. The Labute approximate surface area is 390 Å². The summed E-state index contributed by atoms with van der Waals surface area (Å²) in [6.45, 7) is 0. The van der Waals surface area contributed by atoms with Crippen molar-refractivity contribution < 1.29 is 0 Å². The van der Waals surface area contributed by atoms with E-state index in [1.165, 1.54) is 82.8 Å². The van der Waals surface area contributed by atoms with Gasteiger partial charge in [0, 0.05) is 33.5 Å². The van der Waals surface area contributed by atoms with Crippen LogP contribution >= 0.6 is 0 Å². The number of para-hydroxylation sites is 2. The minimum Gasteiger partial charge on any atom is -0.310 e. The number of hydrogen-bond acceptors (Lipinski definition) is 1. The quantitative estimate of drug-likeness (QED) is 0.104. The second-order valence-corrected chi connectivity index (χ2v) is 17.7. The highest BCUT2D eigenvalue weighted by Crippen LogP contribution is 2.57. The van der Waals surface area contributed by atoms with Crippen LogP contribution in [0.2, 0.25) is 0 Å². The smallest absolute Gasteiger partial charge is 0.0713 e. The SMILES string of the molecule is C(=Cc1ccc(N(c2ccccc2)c2ccc3c(c2)-c2ccccc2C3(c2ccccc2)c2ccccc2)cc1)c1ccc(-c2cc3ccc4cccc5c4c3c(c2)n5-c2ccccc2)cc1. The van der Waals surface area contributed by atoms with Crippen LogP contribution in [0, 0.1) is 0 Å². The van der Waals surface area contributed by atoms with Crippen LogP contribution in [0.15, 0.2) is 255 Å². The third kappa shape index (κ3) is 6.26. The molecule has 0 radical (unpaired) electrons. The lowest BCUT2D eigenvalue weighted by Gasteiger charge is -2.34. The zero-order valence-corrected chi connectivity index (χ0v) is 36.8. The molecule has 0 spiro atoms. The van der Waals surface area contributed by atoms with E-state index in [1.54, 1.807) is 0 Å². The highest BCUT2D eigenvalue weighted by Gasteiger charge is 2.46. The molecule has 0 saturated carbocycles. The Morgan fingerprint density at radius 1 is 0.343 bits per heavy atom. The first-order chi connectivity index (χ1) is 33.2. The van der Waals surface area contributed by atoms with Gasteiger partial charge in [0.2, 0.25) is 0 Å². The van der Waals surface area contributed by atoms with Crippen LogP contribution in [-0.4, -0.2) is 4.57 Å². The van der Waals surface area contributed by atoms with Crippen molar-refractivity contribution in [3.05, 3.63) is 288 Å². The molecular formula is C65H44N2. The van der Waals surface area contributed by atoms with Gasteiger partial charge in [-0.25, -0.2) is 0 Å². The van der Waals surface area contributed by atoms with E-state index in [9.17, 15) is 0 Å². The predicted octanol–water partition coefficient (Wildman–Crippen LogP) is 17.0. The van der Waals surface area contributed by atoms with Crippen LogP contribution in [0.3, 0.4) is 0 Å². The van der Waals surface area contributed by atoms with Gasteiger partial charge in [0.15, 0.2) is 0 Å². The average molecular weight is 853 g/mol. The normalized spacial score (nSPS) is 12.8. The zero-order chi connectivity index (χ0) is 44.3. The number of fused-ring (bicyclic) bond motifs is 3. The van der Waals surface area contributed by atoms with E-state index in [2.05, 4.69) is 276 Å². The summed E-state index contributed by atoms with van der Waals surface area (Å²) in [5.41, 5.74) is 18.9. The minimum atomic E-state index is -0.434. The summed E-state index contributed by atoms with van der Waals surface area (Å²) in [4.78, 5) is 2.37. The van der Waals surface area contributed by atoms with Gasteiger partial charge in [-0.2, -0.15) is 0 Å². The lowest BCUT2D eigenvalue weighted by molar-refractivity contribution is 0.768. The second-order valence-electron chi connectivity index (χ2n) is 17.7. The highest BCUT2D eigenvalue weighted by molar-refractivity contribution is 6.25. The van der Waals surface area contributed by atoms with E-state index in [0.717, 1.165) is 28.2 Å².